The number of benzene rings is 2. The van der Waals surface area contributed by atoms with E-state index in [1.807, 2.05) is 24.3 Å². The monoisotopic (exact) mass is 429 g/mol. The molecule has 6 heteroatoms. The van der Waals surface area contributed by atoms with Gasteiger partial charge in [0.15, 0.2) is 0 Å². The van der Waals surface area contributed by atoms with Crippen molar-refractivity contribution in [2.45, 2.75) is 26.3 Å². The van der Waals surface area contributed by atoms with Gasteiger partial charge >= 0.3 is 0 Å². The summed E-state index contributed by atoms with van der Waals surface area (Å²) in [7, 11) is 0. The lowest BCUT2D eigenvalue weighted by molar-refractivity contribution is -0.121. The maximum atomic E-state index is 12.7. The highest BCUT2D eigenvalue weighted by molar-refractivity contribution is 9.10. The Labute approximate surface area is 168 Å². The minimum Gasteiger partial charge on any atom is -0.326 e. The van der Waals surface area contributed by atoms with Crippen molar-refractivity contribution in [1.82, 2.24) is 4.90 Å². The van der Waals surface area contributed by atoms with Crippen LogP contribution in [0.25, 0.3) is 0 Å². The summed E-state index contributed by atoms with van der Waals surface area (Å²) in [5.74, 6) is -0.127. The van der Waals surface area contributed by atoms with E-state index in [0.717, 1.165) is 36.9 Å². The number of hydrogen-bond acceptors (Lipinski definition) is 3. The number of amides is 2. The molecule has 27 heavy (non-hydrogen) atoms. The molecule has 0 bridgehead atoms. The number of halogens is 1. The van der Waals surface area contributed by atoms with E-state index in [-0.39, 0.29) is 17.7 Å². The third kappa shape index (κ3) is 5.91. The lowest BCUT2D eigenvalue weighted by atomic mass is 9.96. The average molecular weight is 430 g/mol. The fourth-order valence-corrected chi connectivity index (χ4v) is 3.88. The van der Waals surface area contributed by atoms with Crippen LogP contribution in [0.2, 0.25) is 0 Å². The normalized spacial score (nSPS) is 17.3. The van der Waals surface area contributed by atoms with Crippen LogP contribution in [0.5, 0.6) is 0 Å². The minimum atomic E-state index is -0.131. The summed E-state index contributed by atoms with van der Waals surface area (Å²) in [5.41, 5.74) is 2.63. The van der Waals surface area contributed by atoms with Crippen LogP contribution >= 0.6 is 15.9 Å². The summed E-state index contributed by atoms with van der Waals surface area (Å²) >= 11 is 3.51. The third-order valence-corrected chi connectivity index (χ3v) is 5.12. The van der Waals surface area contributed by atoms with Gasteiger partial charge < -0.3 is 10.6 Å². The maximum absolute atomic E-state index is 12.7. The van der Waals surface area contributed by atoms with Crippen molar-refractivity contribution < 1.29 is 9.59 Å². The van der Waals surface area contributed by atoms with E-state index in [9.17, 15) is 9.59 Å². The van der Waals surface area contributed by atoms with Crippen molar-refractivity contribution in [3.63, 3.8) is 0 Å². The summed E-state index contributed by atoms with van der Waals surface area (Å²) < 4.78 is 1.07. The van der Waals surface area contributed by atoms with Gasteiger partial charge in [0.1, 0.15) is 0 Å². The van der Waals surface area contributed by atoms with Crippen molar-refractivity contribution in [3.05, 3.63) is 58.6 Å². The number of likely N-dealkylation sites (tertiary alicyclic amines) is 1. The van der Waals surface area contributed by atoms with Gasteiger partial charge in [0.2, 0.25) is 11.8 Å². The molecule has 1 heterocycles. The lowest BCUT2D eigenvalue weighted by Crippen LogP contribution is -2.40. The SMILES string of the molecule is CC(=O)Nc1cccc(NC(=O)C2CCCN(Cc3cccc(Br)c3)C2)c1. The van der Waals surface area contributed by atoms with Crippen LogP contribution in [0, 0.1) is 5.92 Å². The molecule has 1 fully saturated rings. The summed E-state index contributed by atoms with van der Waals surface area (Å²) in [5, 5.41) is 5.73. The van der Waals surface area contributed by atoms with E-state index < -0.39 is 0 Å². The van der Waals surface area contributed by atoms with Gasteiger partial charge in [-0.05, 0) is 55.3 Å². The second-order valence-corrected chi connectivity index (χ2v) is 7.87. The van der Waals surface area contributed by atoms with Crippen molar-refractivity contribution >= 4 is 39.1 Å². The maximum Gasteiger partial charge on any atom is 0.228 e. The fraction of sp³-hybridized carbons (Fsp3) is 0.333. The van der Waals surface area contributed by atoms with Gasteiger partial charge in [0.25, 0.3) is 0 Å². The minimum absolute atomic E-state index is 0.0321. The van der Waals surface area contributed by atoms with E-state index in [0.29, 0.717) is 11.4 Å². The van der Waals surface area contributed by atoms with E-state index in [4.69, 9.17) is 0 Å². The Bertz CT molecular complexity index is 825. The molecule has 0 radical (unpaired) electrons. The zero-order valence-corrected chi connectivity index (χ0v) is 17.0. The third-order valence-electron chi connectivity index (χ3n) is 4.62. The summed E-state index contributed by atoms with van der Waals surface area (Å²) in [6.07, 6.45) is 1.91. The van der Waals surface area contributed by atoms with Crippen molar-refractivity contribution in [2.75, 3.05) is 23.7 Å². The zero-order valence-electron chi connectivity index (χ0n) is 15.4. The number of carbonyl (C=O) groups is 2. The number of rotatable bonds is 5. The van der Waals surface area contributed by atoms with Gasteiger partial charge in [-0.15, -0.1) is 0 Å². The van der Waals surface area contributed by atoms with Gasteiger partial charge in [-0.3, -0.25) is 14.5 Å². The van der Waals surface area contributed by atoms with Crippen LogP contribution in [0.1, 0.15) is 25.3 Å². The van der Waals surface area contributed by atoms with Crippen molar-refractivity contribution in [3.8, 4) is 0 Å². The molecule has 0 aromatic heterocycles. The molecule has 2 amide bonds. The first-order valence-electron chi connectivity index (χ1n) is 9.15. The molecule has 142 valence electrons. The Hall–Kier alpha value is -2.18. The molecule has 0 aliphatic carbocycles. The predicted octanol–water partition coefficient (Wildman–Crippen LogP) is 4.26. The molecule has 1 unspecified atom stereocenters. The summed E-state index contributed by atoms with van der Waals surface area (Å²) in [6, 6.07) is 15.5. The lowest BCUT2D eigenvalue weighted by Gasteiger charge is -2.32. The first-order valence-corrected chi connectivity index (χ1v) is 9.94. The number of anilines is 2. The highest BCUT2D eigenvalue weighted by atomic mass is 79.9. The highest BCUT2D eigenvalue weighted by Crippen LogP contribution is 2.22. The molecule has 0 saturated carbocycles. The molecule has 1 atom stereocenters. The van der Waals surface area contributed by atoms with Gasteiger partial charge in [-0.1, -0.05) is 34.1 Å². The van der Waals surface area contributed by atoms with Crippen LogP contribution in [-0.4, -0.2) is 29.8 Å². The predicted molar refractivity (Wildman–Crippen MR) is 112 cm³/mol. The van der Waals surface area contributed by atoms with Crippen LogP contribution in [0.15, 0.2) is 53.0 Å². The smallest absolute Gasteiger partial charge is 0.228 e. The van der Waals surface area contributed by atoms with Crippen LogP contribution in [-0.2, 0) is 16.1 Å². The average Bonchev–Trinajstić information content (AvgIpc) is 2.62. The molecule has 2 aromatic carbocycles. The van der Waals surface area contributed by atoms with Crippen LogP contribution in [0.3, 0.4) is 0 Å². The fourth-order valence-electron chi connectivity index (χ4n) is 3.43. The molecule has 2 N–H and O–H groups in total. The molecule has 5 nitrogen and oxygen atoms in total. The Morgan fingerprint density at radius 2 is 1.85 bits per heavy atom. The Balaban J connectivity index is 1.59. The molecule has 3 rings (SSSR count). The van der Waals surface area contributed by atoms with E-state index in [1.165, 1.54) is 12.5 Å². The van der Waals surface area contributed by atoms with Gasteiger partial charge in [-0.25, -0.2) is 0 Å². The Morgan fingerprint density at radius 3 is 2.59 bits per heavy atom. The van der Waals surface area contributed by atoms with E-state index in [1.54, 1.807) is 12.1 Å². The Kier molecular flexibility index (Phi) is 6.63. The second kappa shape index (κ2) is 9.15. The van der Waals surface area contributed by atoms with Gasteiger partial charge in [0, 0.05) is 35.9 Å². The number of nitrogens with one attached hydrogen (secondary N) is 2. The quantitative estimate of drug-likeness (QED) is 0.746. The standard InChI is InChI=1S/C21H24BrN3O2/c1-15(26)23-19-8-3-9-20(12-19)24-21(27)17-6-4-10-25(14-17)13-16-5-2-7-18(22)11-16/h2-3,5,7-9,11-12,17H,4,6,10,13-14H2,1H3,(H,23,26)(H,24,27). The molecule has 0 spiro atoms. The van der Waals surface area contributed by atoms with Gasteiger partial charge in [-0.2, -0.15) is 0 Å². The first kappa shape index (κ1) is 19.6. The van der Waals surface area contributed by atoms with E-state index in [2.05, 4.69) is 43.6 Å². The van der Waals surface area contributed by atoms with Crippen molar-refractivity contribution in [2.24, 2.45) is 5.92 Å². The van der Waals surface area contributed by atoms with Gasteiger partial charge in [0.05, 0.1) is 5.92 Å². The highest BCUT2D eigenvalue weighted by Gasteiger charge is 2.26. The van der Waals surface area contributed by atoms with Crippen LogP contribution in [0.4, 0.5) is 11.4 Å². The second-order valence-electron chi connectivity index (χ2n) is 6.96. The topological polar surface area (TPSA) is 61.4 Å². The number of nitrogens with zero attached hydrogens (tertiary/aromatic N) is 1. The molecular weight excluding hydrogens is 406 g/mol. The van der Waals surface area contributed by atoms with E-state index >= 15 is 0 Å². The summed E-state index contributed by atoms with van der Waals surface area (Å²) in [4.78, 5) is 26.3. The number of piperidine rings is 1. The Morgan fingerprint density at radius 1 is 1.11 bits per heavy atom. The summed E-state index contributed by atoms with van der Waals surface area (Å²) in [6.45, 7) is 4.08. The van der Waals surface area contributed by atoms with Crippen LogP contribution < -0.4 is 10.6 Å². The molecule has 1 aliphatic heterocycles. The largest absolute Gasteiger partial charge is 0.326 e. The molecule has 1 aliphatic rings. The zero-order chi connectivity index (χ0) is 19.2. The molecular formula is C21H24BrN3O2. The number of hydrogen-bond donors (Lipinski definition) is 2. The molecule has 1 saturated heterocycles. The number of carbonyl (C=O) groups excluding carboxylic acids is 2. The first-order chi connectivity index (χ1) is 13.0. The molecule has 2 aromatic rings. The van der Waals surface area contributed by atoms with Crippen molar-refractivity contribution in [1.29, 1.82) is 0 Å².